The van der Waals surface area contributed by atoms with Crippen LogP contribution in [0.4, 0.5) is 14.5 Å². The van der Waals surface area contributed by atoms with Crippen LogP contribution in [0.25, 0.3) is 0 Å². The van der Waals surface area contributed by atoms with Gasteiger partial charge >= 0.3 is 5.69 Å². The molecule has 0 unspecified atom stereocenters. The Kier molecular flexibility index (Phi) is 3.35. The van der Waals surface area contributed by atoms with Crippen molar-refractivity contribution in [2.24, 2.45) is 0 Å². The Morgan fingerprint density at radius 2 is 2.27 bits per heavy atom. The molecule has 1 heterocycles. The smallest absolute Gasteiger partial charge is 0.304 e. The molecule has 0 aromatic carbocycles. The monoisotopic (exact) mass is 238 g/mol. The van der Waals surface area contributed by atoms with Gasteiger partial charge in [-0.05, 0) is 0 Å². The first-order valence-electron chi connectivity index (χ1n) is 3.68. The number of nitro groups is 1. The molecule has 0 aliphatic carbocycles. The largest absolute Gasteiger partial charge is 0.506 e. The summed E-state index contributed by atoms with van der Waals surface area (Å²) >= 11 is 5.31. The van der Waals surface area contributed by atoms with Gasteiger partial charge in [-0.15, -0.1) is 11.6 Å². The second-order valence-corrected chi connectivity index (χ2v) is 2.81. The van der Waals surface area contributed by atoms with Gasteiger partial charge in [0.1, 0.15) is 17.0 Å². The summed E-state index contributed by atoms with van der Waals surface area (Å²) in [5, 5.41) is 19.6. The lowest BCUT2D eigenvalue weighted by atomic mass is 10.1. The second-order valence-electron chi connectivity index (χ2n) is 2.54. The highest BCUT2D eigenvalue weighted by molar-refractivity contribution is 6.17. The lowest BCUT2D eigenvalue weighted by Gasteiger charge is -2.06. The lowest BCUT2D eigenvalue weighted by Crippen LogP contribution is -2.02. The molecule has 5 nitrogen and oxygen atoms in total. The van der Waals surface area contributed by atoms with E-state index in [0.717, 1.165) is 0 Å². The molecule has 15 heavy (non-hydrogen) atoms. The third kappa shape index (κ3) is 2.12. The second kappa shape index (κ2) is 4.35. The fourth-order valence-electron chi connectivity index (χ4n) is 1.06. The van der Waals surface area contributed by atoms with Gasteiger partial charge in [-0.2, -0.15) is 0 Å². The number of alkyl halides is 3. The number of nitrogens with zero attached hydrogens (tertiary/aromatic N) is 2. The fraction of sp³-hybridized carbons (Fsp3) is 0.286. The third-order valence-corrected chi connectivity index (χ3v) is 1.93. The number of pyridine rings is 1. The van der Waals surface area contributed by atoms with E-state index in [-0.39, 0.29) is 11.6 Å². The van der Waals surface area contributed by atoms with Gasteiger partial charge in [0.05, 0.1) is 17.0 Å². The van der Waals surface area contributed by atoms with Crippen LogP contribution in [0.5, 0.6) is 5.75 Å². The molecule has 0 aliphatic rings. The Bertz CT molecular complexity index is 400. The van der Waals surface area contributed by atoms with E-state index >= 15 is 0 Å². The van der Waals surface area contributed by atoms with E-state index in [1.54, 1.807) is 0 Å². The van der Waals surface area contributed by atoms with Crippen molar-refractivity contribution in [1.29, 1.82) is 0 Å². The molecule has 0 saturated heterocycles. The molecule has 82 valence electrons. The Hall–Kier alpha value is -1.50. The molecule has 8 heteroatoms. The van der Waals surface area contributed by atoms with Crippen molar-refractivity contribution in [2.75, 3.05) is 0 Å². The fourth-order valence-corrected chi connectivity index (χ4v) is 1.26. The summed E-state index contributed by atoms with van der Waals surface area (Å²) in [6.07, 6.45) is -2.44. The molecule has 0 amide bonds. The van der Waals surface area contributed by atoms with E-state index in [1.807, 2.05) is 0 Å². The average Bonchev–Trinajstić information content (AvgIpc) is 2.16. The zero-order valence-corrected chi connectivity index (χ0v) is 7.91. The molecular formula is C7H5ClF2N2O3. The van der Waals surface area contributed by atoms with Gasteiger partial charge in [0, 0.05) is 0 Å². The molecule has 1 rings (SSSR count). The zero-order chi connectivity index (χ0) is 11.6. The van der Waals surface area contributed by atoms with Gasteiger partial charge < -0.3 is 5.11 Å². The van der Waals surface area contributed by atoms with Gasteiger partial charge in [-0.3, -0.25) is 10.1 Å². The highest BCUT2D eigenvalue weighted by Gasteiger charge is 2.30. The lowest BCUT2D eigenvalue weighted by molar-refractivity contribution is -0.387. The molecule has 1 aromatic rings. The van der Waals surface area contributed by atoms with Crippen LogP contribution in [-0.4, -0.2) is 15.0 Å². The van der Waals surface area contributed by atoms with Crippen LogP contribution >= 0.6 is 11.6 Å². The van der Waals surface area contributed by atoms with E-state index in [9.17, 15) is 18.9 Å². The van der Waals surface area contributed by atoms with Crippen LogP contribution in [0.15, 0.2) is 6.20 Å². The SMILES string of the molecule is O=[N+]([O-])c1c(CCl)ncc(O)c1C(F)F. The van der Waals surface area contributed by atoms with Crippen LogP contribution < -0.4 is 0 Å². The van der Waals surface area contributed by atoms with Crippen LogP contribution in [0.1, 0.15) is 17.7 Å². The molecule has 0 radical (unpaired) electrons. The molecule has 1 aromatic heterocycles. The molecule has 0 atom stereocenters. The highest BCUT2D eigenvalue weighted by Crippen LogP contribution is 2.37. The van der Waals surface area contributed by atoms with Crippen molar-refractivity contribution in [1.82, 2.24) is 4.98 Å². The summed E-state index contributed by atoms with van der Waals surface area (Å²) in [6, 6.07) is 0. The Balaban J connectivity index is 3.51. The van der Waals surface area contributed by atoms with Gasteiger partial charge in [0.25, 0.3) is 6.43 Å². The molecule has 0 fully saturated rings. The molecule has 1 N–H and O–H groups in total. The third-order valence-electron chi connectivity index (χ3n) is 1.67. The maximum atomic E-state index is 12.4. The standard InChI is InChI=1S/C7H5ClF2N2O3/c8-1-3-6(12(14)15)5(7(9)10)4(13)2-11-3/h2,7,13H,1H2. The Morgan fingerprint density at radius 3 is 2.67 bits per heavy atom. The van der Waals surface area contributed by atoms with E-state index in [4.69, 9.17) is 16.7 Å². The number of aromatic nitrogens is 1. The summed E-state index contributed by atoms with van der Waals surface area (Å²) in [7, 11) is 0. The van der Waals surface area contributed by atoms with Crippen molar-refractivity contribution in [3.05, 3.63) is 27.6 Å². The summed E-state index contributed by atoms with van der Waals surface area (Å²) in [5.74, 6) is -1.29. The first kappa shape index (κ1) is 11.6. The number of hydrogen-bond acceptors (Lipinski definition) is 4. The highest BCUT2D eigenvalue weighted by atomic mass is 35.5. The minimum Gasteiger partial charge on any atom is -0.506 e. The van der Waals surface area contributed by atoms with Gasteiger partial charge in [0.15, 0.2) is 0 Å². The maximum absolute atomic E-state index is 12.4. The van der Waals surface area contributed by atoms with Crippen LogP contribution in [-0.2, 0) is 5.88 Å². The predicted octanol–water partition coefficient (Wildman–Crippen LogP) is 2.37. The van der Waals surface area contributed by atoms with E-state index in [2.05, 4.69) is 4.98 Å². The van der Waals surface area contributed by atoms with Gasteiger partial charge in [0.2, 0.25) is 0 Å². The summed E-state index contributed by atoms with van der Waals surface area (Å²) in [4.78, 5) is 12.9. The minimum atomic E-state index is -3.16. The van der Waals surface area contributed by atoms with Crippen molar-refractivity contribution in [3.8, 4) is 5.75 Å². The van der Waals surface area contributed by atoms with Gasteiger partial charge in [-0.25, -0.2) is 13.8 Å². The average molecular weight is 239 g/mol. The first-order valence-corrected chi connectivity index (χ1v) is 4.21. The predicted molar refractivity (Wildman–Crippen MR) is 47.1 cm³/mol. The summed E-state index contributed by atoms with van der Waals surface area (Å²) in [5.41, 5.74) is -2.28. The quantitative estimate of drug-likeness (QED) is 0.498. The van der Waals surface area contributed by atoms with Crippen LogP contribution in [0, 0.1) is 10.1 Å². The van der Waals surface area contributed by atoms with Crippen LogP contribution in [0.3, 0.4) is 0 Å². The maximum Gasteiger partial charge on any atom is 0.304 e. The van der Waals surface area contributed by atoms with E-state index in [0.29, 0.717) is 6.20 Å². The van der Waals surface area contributed by atoms with Crippen molar-refractivity contribution in [3.63, 3.8) is 0 Å². The number of aromatic hydroxyl groups is 1. The minimum absolute atomic E-state index is 0.297. The molecule has 0 saturated carbocycles. The van der Waals surface area contributed by atoms with E-state index < -0.39 is 28.3 Å². The zero-order valence-electron chi connectivity index (χ0n) is 7.15. The van der Waals surface area contributed by atoms with Crippen molar-refractivity contribution >= 4 is 17.3 Å². The molecule has 0 spiro atoms. The summed E-state index contributed by atoms with van der Waals surface area (Å²) in [6.45, 7) is 0. The topological polar surface area (TPSA) is 76.3 Å². The Labute approximate surface area is 87.5 Å². The first-order chi connectivity index (χ1) is 6.99. The number of halogens is 3. The van der Waals surface area contributed by atoms with E-state index in [1.165, 1.54) is 0 Å². The number of rotatable bonds is 3. The number of hydrogen-bond donors (Lipinski definition) is 1. The van der Waals surface area contributed by atoms with Gasteiger partial charge in [-0.1, -0.05) is 0 Å². The normalized spacial score (nSPS) is 10.7. The molecular weight excluding hydrogens is 234 g/mol. The Morgan fingerprint density at radius 1 is 1.67 bits per heavy atom. The van der Waals surface area contributed by atoms with Crippen molar-refractivity contribution in [2.45, 2.75) is 12.3 Å². The molecule has 0 aliphatic heterocycles. The molecule has 0 bridgehead atoms. The van der Waals surface area contributed by atoms with Crippen molar-refractivity contribution < 1.29 is 18.8 Å². The van der Waals surface area contributed by atoms with Crippen LogP contribution in [0.2, 0.25) is 0 Å². The summed E-state index contributed by atoms with van der Waals surface area (Å²) < 4.78 is 24.9.